The Kier molecular flexibility index (Phi) is 5.26. The van der Waals surface area contributed by atoms with Crippen LogP contribution in [0.15, 0.2) is 59.9 Å². The van der Waals surface area contributed by atoms with E-state index in [0.717, 1.165) is 33.4 Å². The number of amides is 1. The number of tetrazole rings is 1. The number of aryl methyl sites for hydroxylation is 1. The summed E-state index contributed by atoms with van der Waals surface area (Å²) >= 11 is 1.32. The minimum Gasteiger partial charge on any atom is -0.324 e. The maximum Gasteiger partial charge on any atom is 0.237 e. The van der Waals surface area contributed by atoms with Crippen molar-refractivity contribution in [3.8, 4) is 5.69 Å². The molecule has 29 heavy (non-hydrogen) atoms. The van der Waals surface area contributed by atoms with Gasteiger partial charge in [0.15, 0.2) is 0 Å². The van der Waals surface area contributed by atoms with Crippen molar-refractivity contribution in [2.24, 2.45) is 0 Å². The van der Waals surface area contributed by atoms with Gasteiger partial charge in [0.25, 0.3) is 0 Å². The summed E-state index contributed by atoms with van der Waals surface area (Å²) in [6.07, 6.45) is 1.74. The number of nitrogens with one attached hydrogen (secondary N) is 1. The van der Waals surface area contributed by atoms with Crippen LogP contribution in [0, 0.1) is 13.8 Å². The average molecular weight is 404 g/mol. The van der Waals surface area contributed by atoms with Crippen LogP contribution in [0.1, 0.15) is 18.1 Å². The van der Waals surface area contributed by atoms with Crippen molar-refractivity contribution in [3.05, 3.63) is 65.9 Å². The number of hydrogen-bond acceptors (Lipinski definition) is 6. The first kappa shape index (κ1) is 19.1. The van der Waals surface area contributed by atoms with Crippen LogP contribution in [0.25, 0.3) is 16.6 Å². The molecule has 1 amide bonds. The molecule has 8 heteroatoms. The Morgan fingerprint density at radius 1 is 1.10 bits per heavy atom. The van der Waals surface area contributed by atoms with Gasteiger partial charge < -0.3 is 5.32 Å². The van der Waals surface area contributed by atoms with Crippen molar-refractivity contribution in [2.75, 3.05) is 5.32 Å². The quantitative estimate of drug-likeness (QED) is 0.507. The summed E-state index contributed by atoms with van der Waals surface area (Å²) in [6.45, 7) is 5.92. The Morgan fingerprint density at radius 3 is 2.79 bits per heavy atom. The van der Waals surface area contributed by atoms with Gasteiger partial charge in [-0.1, -0.05) is 30.0 Å². The molecule has 146 valence electrons. The van der Waals surface area contributed by atoms with Crippen LogP contribution < -0.4 is 5.32 Å². The van der Waals surface area contributed by atoms with Crippen LogP contribution >= 0.6 is 11.8 Å². The number of benzene rings is 2. The van der Waals surface area contributed by atoms with E-state index in [1.54, 1.807) is 10.9 Å². The highest BCUT2D eigenvalue weighted by Crippen LogP contribution is 2.27. The monoisotopic (exact) mass is 404 g/mol. The molecule has 0 bridgehead atoms. The SMILES string of the molecule is Cc1cccc(-n2nnnc2SC(C)C(=O)Nc2cccc3ncccc23)c1C. The lowest BCUT2D eigenvalue weighted by atomic mass is 10.1. The zero-order valence-corrected chi connectivity index (χ0v) is 17.1. The van der Waals surface area contributed by atoms with E-state index < -0.39 is 5.25 Å². The van der Waals surface area contributed by atoms with Gasteiger partial charge >= 0.3 is 0 Å². The molecule has 0 fully saturated rings. The van der Waals surface area contributed by atoms with Gasteiger partial charge in [0.2, 0.25) is 11.1 Å². The zero-order valence-electron chi connectivity index (χ0n) is 16.3. The Hall–Kier alpha value is -3.26. The second-order valence-electron chi connectivity index (χ2n) is 6.72. The molecule has 7 nitrogen and oxygen atoms in total. The minimum atomic E-state index is -0.392. The van der Waals surface area contributed by atoms with E-state index in [1.807, 2.05) is 69.3 Å². The molecule has 0 saturated heterocycles. The van der Waals surface area contributed by atoms with E-state index in [2.05, 4.69) is 25.8 Å². The molecule has 0 aliphatic carbocycles. The van der Waals surface area contributed by atoms with Crippen molar-refractivity contribution in [3.63, 3.8) is 0 Å². The fourth-order valence-corrected chi connectivity index (χ4v) is 3.83. The number of hydrogen-bond donors (Lipinski definition) is 1. The molecule has 2 aromatic heterocycles. The highest BCUT2D eigenvalue weighted by molar-refractivity contribution is 8.00. The van der Waals surface area contributed by atoms with Crippen molar-refractivity contribution in [1.29, 1.82) is 0 Å². The Morgan fingerprint density at radius 2 is 1.93 bits per heavy atom. The van der Waals surface area contributed by atoms with E-state index in [4.69, 9.17) is 0 Å². The molecular weight excluding hydrogens is 384 g/mol. The zero-order chi connectivity index (χ0) is 20.4. The lowest BCUT2D eigenvalue weighted by Gasteiger charge is -2.14. The number of fused-ring (bicyclic) bond motifs is 1. The van der Waals surface area contributed by atoms with Crippen LogP contribution in [0.5, 0.6) is 0 Å². The van der Waals surface area contributed by atoms with Crippen LogP contribution in [0.2, 0.25) is 0 Å². The number of anilines is 1. The molecule has 0 spiro atoms. The molecule has 1 unspecified atom stereocenters. The lowest BCUT2D eigenvalue weighted by Crippen LogP contribution is -2.23. The maximum absolute atomic E-state index is 12.8. The number of pyridine rings is 1. The van der Waals surface area contributed by atoms with E-state index in [1.165, 1.54) is 11.8 Å². The van der Waals surface area contributed by atoms with Gasteiger partial charge in [0.1, 0.15) is 0 Å². The predicted molar refractivity (Wildman–Crippen MR) is 114 cm³/mol. The molecule has 0 saturated carbocycles. The second kappa shape index (κ2) is 8.00. The first-order valence-corrected chi connectivity index (χ1v) is 10.1. The largest absolute Gasteiger partial charge is 0.324 e. The standard InChI is InChI=1S/C21H20N6OS/c1-13-7-4-11-19(14(13)2)27-21(24-25-26-27)29-15(3)20(28)23-18-10-5-9-17-16(18)8-6-12-22-17/h4-12,15H,1-3H3,(H,23,28). The van der Waals surface area contributed by atoms with Gasteiger partial charge in [-0.2, -0.15) is 4.68 Å². The van der Waals surface area contributed by atoms with Crippen molar-refractivity contribution >= 4 is 34.3 Å². The number of carbonyl (C=O) groups excluding carboxylic acids is 1. The number of aromatic nitrogens is 5. The van der Waals surface area contributed by atoms with Crippen LogP contribution in [0.4, 0.5) is 5.69 Å². The minimum absolute atomic E-state index is 0.123. The summed E-state index contributed by atoms with van der Waals surface area (Å²) in [4.78, 5) is 17.1. The molecular formula is C21H20N6OS. The van der Waals surface area contributed by atoms with Crippen LogP contribution in [-0.2, 0) is 4.79 Å². The molecule has 0 radical (unpaired) electrons. The topological polar surface area (TPSA) is 85.6 Å². The number of rotatable bonds is 5. The fraction of sp³-hybridized carbons (Fsp3) is 0.190. The summed E-state index contributed by atoms with van der Waals surface area (Å²) in [5, 5.41) is 16.1. The summed E-state index contributed by atoms with van der Waals surface area (Å²) in [5.41, 5.74) is 4.74. The summed E-state index contributed by atoms with van der Waals surface area (Å²) in [7, 11) is 0. The molecule has 4 rings (SSSR count). The van der Waals surface area contributed by atoms with Gasteiger partial charge in [-0.05, 0) is 72.7 Å². The Bertz CT molecular complexity index is 1180. The summed E-state index contributed by atoms with van der Waals surface area (Å²) in [6, 6.07) is 15.5. The highest BCUT2D eigenvalue weighted by Gasteiger charge is 2.20. The van der Waals surface area contributed by atoms with E-state index in [-0.39, 0.29) is 5.91 Å². The van der Waals surface area contributed by atoms with Crippen molar-refractivity contribution < 1.29 is 4.79 Å². The van der Waals surface area contributed by atoms with Gasteiger partial charge in [-0.15, -0.1) is 5.10 Å². The molecule has 2 heterocycles. The first-order valence-electron chi connectivity index (χ1n) is 9.21. The smallest absolute Gasteiger partial charge is 0.237 e. The van der Waals surface area contributed by atoms with Crippen molar-refractivity contribution in [1.82, 2.24) is 25.2 Å². The summed E-state index contributed by atoms with van der Waals surface area (Å²) < 4.78 is 1.68. The maximum atomic E-state index is 12.8. The number of carbonyl (C=O) groups is 1. The molecule has 0 aliphatic rings. The first-order chi connectivity index (χ1) is 14.0. The second-order valence-corrected chi connectivity index (χ2v) is 8.03. The third kappa shape index (κ3) is 3.84. The summed E-state index contributed by atoms with van der Waals surface area (Å²) in [5.74, 6) is -0.123. The lowest BCUT2D eigenvalue weighted by molar-refractivity contribution is -0.115. The molecule has 2 aromatic carbocycles. The van der Waals surface area contributed by atoms with Gasteiger partial charge in [-0.3, -0.25) is 9.78 Å². The van der Waals surface area contributed by atoms with Gasteiger partial charge in [-0.25, -0.2) is 0 Å². The van der Waals surface area contributed by atoms with Gasteiger partial charge in [0.05, 0.1) is 22.1 Å². The third-order valence-corrected chi connectivity index (χ3v) is 5.83. The van der Waals surface area contributed by atoms with E-state index in [0.29, 0.717) is 5.16 Å². The molecule has 1 atom stereocenters. The Labute approximate surface area is 172 Å². The normalized spacial score (nSPS) is 12.1. The average Bonchev–Trinajstić information content (AvgIpc) is 3.18. The van der Waals surface area contributed by atoms with Gasteiger partial charge in [0, 0.05) is 11.6 Å². The van der Waals surface area contributed by atoms with Crippen LogP contribution in [0.3, 0.4) is 0 Å². The number of nitrogens with zero attached hydrogens (tertiary/aromatic N) is 5. The predicted octanol–water partition coefficient (Wildman–Crippen LogP) is 3.95. The van der Waals surface area contributed by atoms with E-state index in [9.17, 15) is 4.79 Å². The highest BCUT2D eigenvalue weighted by atomic mass is 32.2. The van der Waals surface area contributed by atoms with Crippen LogP contribution in [-0.4, -0.2) is 36.3 Å². The molecule has 1 N–H and O–H groups in total. The fourth-order valence-electron chi connectivity index (χ4n) is 3.03. The van der Waals surface area contributed by atoms with E-state index >= 15 is 0 Å². The van der Waals surface area contributed by atoms with Crippen molar-refractivity contribution in [2.45, 2.75) is 31.2 Å². The number of thioether (sulfide) groups is 1. The third-order valence-electron chi connectivity index (χ3n) is 4.80. The Balaban J connectivity index is 1.54. The molecule has 0 aliphatic heterocycles. The molecule has 4 aromatic rings.